The van der Waals surface area contributed by atoms with E-state index in [0.29, 0.717) is 17.0 Å². The Balaban J connectivity index is 2.55. The Kier molecular flexibility index (Phi) is 3.30. The van der Waals surface area contributed by atoms with E-state index in [4.69, 9.17) is 17.3 Å². The van der Waals surface area contributed by atoms with Gasteiger partial charge in [-0.25, -0.2) is 4.98 Å². The summed E-state index contributed by atoms with van der Waals surface area (Å²) in [6.45, 7) is 2.14. The fraction of sp³-hybridized carbons (Fsp3) is 0.364. The summed E-state index contributed by atoms with van der Waals surface area (Å²) < 4.78 is 2.06. The van der Waals surface area contributed by atoms with E-state index in [0.717, 1.165) is 16.8 Å². The first-order chi connectivity index (χ1) is 7.63. The van der Waals surface area contributed by atoms with Crippen LogP contribution in [0.15, 0.2) is 18.2 Å². The molecule has 0 fully saturated rings. The molecule has 86 valence electrons. The first-order valence-electron chi connectivity index (χ1n) is 5.05. The van der Waals surface area contributed by atoms with Gasteiger partial charge in [0.25, 0.3) is 0 Å². The molecule has 0 radical (unpaired) electrons. The van der Waals surface area contributed by atoms with E-state index < -0.39 is 0 Å². The molecule has 16 heavy (non-hydrogen) atoms. The molecule has 2 N–H and O–H groups in total. The minimum absolute atomic E-state index is 0.334. The van der Waals surface area contributed by atoms with Crippen LogP contribution in [0.25, 0.3) is 11.0 Å². The second-order valence-corrected chi connectivity index (χ2v) is 5.12. The van der Waals surface area contributed by atoms with E-state index in [1.807, 2.05) is 18.2 Å². The lowest BCUT2D eigenvalue weighted by molar-refractivity contribution is 0.637. The van der Waals surface area contributed by atoms with E-state index in [2.05, 4.69) is 22.7 Å². The molecule has 0 amide bonds. The highest BCUT2D eigenvalue weighted by molar-refractivity contribution is 7.98. The van der Waals surface area contributed by atoms with Crippen molar-refractivity contribution in [2.24, 2.45) is 0 Å². The van der Waals surface area contributed by atoms with Crippen LogP contribution in [0.1, 0.15) is 13.0 Å². The van der Waals surface area contributed by atoms with Gasteiger partial charge in [-0.1, -0.05) is 11.6 Å². The Morgan fingerprint density at radius 1 is 1.56 bits per heavy atom. The number of hydrogen-bond donors (Lipinski definition) is 1. The van der Waals surface area contributed by atoms with Gasteiger partial charge in [0.15, 0.2) is 0 Å². The molecular weight excluding hydrogens is 242 g/mol. The summed E-state index contributed by atoms with van der Waals surface area (Å²) in [5.74, 6) is 1.57. The van der Waals surface area contributed by atoms with Gasteiger partial charge in [-0.3, -0.25) is 0 Å². The van der Waals surface area contributed by atoms with Crippen LogP contribution in [0.3, 0.4) is 0 Å². The molecule has 0 saturated heterocycles. The Bertz CT molecular complexity index is 509. The Labute approximate surface area is 104 Å². The van der Waals surface area contributed by atoms with Crippen molar-refractivity contribution in [3.05, 3.63) is 23.2 Å². The number of anilines is 1. The SMILES string of the molecule is CSCC(C)n1c(N)nc2cc(Cl)ccc21. The summed E-state index contributed by atoms with van der Waals surface area (Å²) in [4.78, 5) is 4.32. The smallest absolute Gasteiger partial charge is 0.201 e. The molecule has 1 aromatic heterocycles. The van der Waals surface area contributed by atoms with Crippen LogP contribution in [0.4, 0.5) is 5.95 Å². The number of hydrogen-bond acceptors (Lipinski definition) is 3. The van der Waals surface area contributed by atoms with E-state index in [9.17, 15) is 0 Å². The Morgan fingerprint density at radius 3 is 3.00 bits per heavy atom. The molecule has 0 bridgehead atoms. The van der Waals surface area contributed by atoms with Crippen molar-refractivity contribution >= 4 is 40.3 Å². The minimum Gasteiger partial charge on any atom is -0.369 e. The molecule has 2 rings (SSSR count). The molecule has 5 heteroatoms. The summed E-state index contributed by atoms with van der Waals surface area (Å²) in [6.07, 6.45) is 2.09. The zero-order chi connectivity index (χ0) is 11.7. The normalized spacial score (nSPS) is 13.2. The number of rotatable bonds is 3. The molecule has 0 saturated carbocycles. The van der Waals surface area contributed by atoms with Crippen LogP contribution in [0.5, 0.6) is 0 Å². The molecule has 0 spiro atoms. The quantitative estimate of drug-likeness (QED) is 0.916. The standard InChI is InChI=1S/C11H14ClN3S/c1-7(6-16-2)15-10-4-3-8(12)5-9(10)14-11(15)13/h3-5,7H,6H2,1-2H3,(H2,13,14). The summed E-state index contributed by atoms with van der Waals surface area (Å²) in [5.41, 5.74) is 7.84. The van der Waals surface area contributed by atoms with Crippen molar-refractivity contribution in [2.45, 2.75) is 13.0 Å². The Hall–Kier alpha value is -0.870. The van der Waals surface area contributed by atoms with Gasteiger partial charge in [-0.05, 0) is 31.4 Å². The number of imidazole rings is 1. The molecule has 0 aliphatic carbocycles. The summed E-state index contributed by atoms with van der Waals surface area (Å²) in [7, 11) is 0. The zero-order valence-electron chi connectivity index (χ0n) is 9.27. The predicted octanol–water partition coefficient (Wildman–Crippen LogP) is 3.20. The molecule has 3 nitrogen and oxygen atoms in total. The van der Waals surface area contributed by atoms with E-state index in [-0.39, 0.29) is 0 Å². The maximum atomic E-state index is 5.93. The lowest BCUT2D eigenvalue weighted by atomic mass is 10.3. The highest BCUT2D eigenvalue weighted by Crippen LogP contribution is 2.26. The van der Waals surface area contributed by atoms with Crippen LogP contribution >= 0.6 is 23.4 Å². The third-order valence-electron chi connectivity index (χ3n) is 2.53. The third kappa shape index (κ3) is 1.99. The van der Waals surface area contributed by atoms with Crippen molar-refractivity contribution in [2.75, 3.05) is 17.7 Å². The van der Waals surface area contributed by atoms with Crippen molar-refractivity contribution in [3.63, 3.8) is 0 Å². The molecule has 0 aliphatic heterocycles. The monoisotopic (exact) mass is 255 g/mol. The third-order valence-corrected chi connectivity index (χ3v) is 3.58. The van der Waals surface area contributed by atoms with E-state index in [1.54, 1.807) is 11.8 Å². The number of nitrogens with two attached hydrogens (primary N) is 1. The van der Waals surface area contributed by atoms with E-state index >= 15 is 0 Å². The first-order valence-corrected chi connectivity index (χ1v) is 6.82. The number of aromatic nitrogens is 2. The fourth-order valence-electron chi connectivity index (χ4n) is 1.87. The maximum Gasteiger partial charge on any atom is 0.201 e. The average Bonchev–Trinajstić information content (AvgIpc) is 2.53. The first kappa shape index (κ1) is 11.6. The second kappa shape index (κ2) is 4.55. The number of nitrogen functional groups attached to an aromatic ring is 1. The van der Waals surface area contributed by atoms with Gasteiger partial charge >= 0.3 is 0 Å². The molecule has 1 aromatic carbocycles. The van der Waals surface area contributed by atoms with Crippen molar-refractivity contribution in [1.29, 1.82) is 0 Å². The summed E-state index contributed by atoms with van der Waals surface area (Å²) in [5, 5.41) is 0.690. The zero-order valence-corrected chi connectivity index (χ0v) is 10.8. The highest BCUT2D eigenvalue weighted by atomic mass is 35.5. The Morgan fingerprint density at radius 2 is 2.31 bits per heavy atom. The van der Waals surface area contributed by atoms with Gasteiger partial charge in [0.2, 0.25) is 5.95 Å². The van der Waals surface area contributed by atoms with Gasteiger partial charge in [-0.15, -0.1) is 0 Å². The van der Waals surface area contributed by atoms with Crippen LogP contribution in [-0.4, -0.2) is 21.6 Å². The van der Waals surface area contributed by atoms with Gasteiger partial charge < -0.3 is 10.3 Å². The topological polar surface area (TPSA) is 43.8 Å². The molecule has 0 aliphatic rings. The van der Waals surface area contributed by atoms with Crippen LogP contribution in [0, 0.1) is 0 Å². The summed E-state index contributed by atoms with van der Waals surface area (Å²) in [6, 6.07) is 6.02. The predicted molar refractivity (Wildman–Crippen MR) is 72.2 cm³/mol. The van der Waals surface area contributed by atoms with Crippen LogP contribution in [-0.2, 0) is 0 Å². The number of nitrogens with zero attached hydrogens (tertiary/aromatic N) is 2. The fourth-order valence-corrected chi connectivity index (χ4v) is 2.67. The number of benzene rings is 1. The lowest BCUT2D eigenvalue weighted by Gasteiger charge is -2.14. The largest absolute Gasteiger partial charge is 0.369 e. The van der Waals surface area contributed by atoms with Crippen molar-refractivity contribution in [3.8, 4) is 0 Å². The van der Waals surface area contributed by atoms with Crippen molar-refractivity contribution in [1.82, 2.24) is 9.55 Å². The van der Waals surface area contributed by atoms with Gasteiger partial charge in [0.05, 0.1) is 11.0 Å². The van der Waals surface area contributed by atoms with E-state index in [1.165, 1.54) is 0 Å². The lowest BCUT2D eigenvalue weighted by Crippen LogP contribution is -2.10. The van der Waals surface area contributed by atoms with Gasteiger partial charge in [0, 0.05) is 16.8 Å². The van der Waals surface area contributed by atoms with Crippen molar-refractivity contribution < 1.29 is 0 Å². The summed E-state index contributed by atoms with van der Waals surface area (Å²) >= 11 is 7.72. The average molecular weight is 256 g/mol. The van der Waals surface area contributed by atoms with Crippen LogP contribution < -0.4 is 5.73 Å². The molecule has 1 atom stereocenters. The highest BCUT2D eigenvalue weighted by Gasteiger charge is 2.13. The van der Waals surface area contributed by atoms with Gasteiger partial charge in [-0.2, -0.15) is 11.8 Å². The number of thioether (sulfide) groups is 1. The molecule has 1 unspecified atom stereocenters. The number of halogens is 1. The van der Waals surface area contributed by atoms with Crippen LogP contribution in [0.2, 0.25) is 5.02 Å². The molecule has 2 aromatic rings. The minimum atomic E-state index is 0.334. The molecule has 1 heterocycles. The maximum absolute atomic E-state index is 5.93. The number of fused-ring (bicyclic) bond motifs is 1. The second-order valence-electron chi connectivity index (χ2n) is 3.78. The molecular formula is C11H14ClN3S. The van der Waals surface area contributed by atoms with Gasteiger partial charge in [0.1, 0.15) is 0 Å².